The summed E-state index contributed by atoms with van der Waals surface area (Å²) in [6, 6.07) is 8.35. The number of anilines is 1. The van der Waals surface area contributed by atoms with Gasteiger partial charge in [0.2, 0.25) is 5.91 Å². The van der Waals surface area contributed by atoms with Gasteiger partial charge in [-0.3, -0.25) is 4.79 Å². The first-order chi connectivity index (χ1) is 12.1. The van der Waals surface area contributed by atoms with E-state index in [1.807, 2.05) is 0 Å². The van der Waals surface area contributed by atoms with Gasteiger partial charge in [0.25, 0.3) is 0 Å². The maximum absolute atomic E-state index is 12.0. The van der Waals surface area contributed by atoms with Gasteiger partial charge in [-0.25, -0.2) is 9.78 Å². The van der Waals surface area contributed by atoms with Gasteiger partial charge in [0, 0.05) is 12.3 Å². The standard InChI is InChI=1S/C18H18N2O5/c1-23-14-7-4-12(10-15(14)24-2)5-9-17(21)20-16-8-6-13(11-19-16)18(22)25-3/h4-11H,1-3H3,(H,19,20,21)/b9-5+. The summed E-state index contributed by atoms with van der Waals surface area (Å²) in [6.45, 7) is 0. The zero-order valence-corrected chi connectivity index (χ0v) is 14.1. The summed E-state index contributed by atoms with van der Waals surface area (Å²) in [5.74, 6) is 0.672. The maximum atomic E-state index is 12.0. The molecule has 1 aromatic heterocycles. The number of ether oxygens (including phenoxy) is 3. The topological polar surface area (TPSA) is 86.8 Å². The number of carbonyl (C=O) groups is 2. The summed E-state index contributed by atoms with van der Waals surface area (Å²) in [5, 5.41) is 2.60. The minimum absolute atomic E-state index is 0.307. The molecule has 2 aromatic rings. The number of benzene rings is 1. The van der Waals surface area contributed by atoms with Crippen molar-refractivity contribution < 1.29 is 23.8 Å². The average Bonchev–Trinajstić information content (AvgIpc) is 2.66. The first kappa shape index (κ1) is 18.0. The second-order valence-corrected chi connectivity index (χ2v) is 4.86. The fourth-order valence-corrected chi connectivity index (χ4v) is 2.00. The quantitative estimate of drug-likeness (QED) is 0.641. The number of hydrogen-bond acceptors (Lipinski definition) is 6. The molecule has 0 bridgehead atoms. The van der Waals surface area contributed by atoms with Crippen LogP contribution in [-0.4, -0.2) is 38.2 Å². The van der Waals surface area contributed by atoms with Crippen LogP contribution in [0.3, 0.4) is 0 Å². The van der Waals surface area contributed by atoms with Crippen molar-refractivity contribution in [1.29, 1.82) is 0 Å². The molecule has 0 saturated carbocycles. The van der Waals surface area contributed by atoms with Crippen LogP contribution in [0.5, 0.6) is 11.5 Å². The summed E-state index contributed by atoms with van der Waals surface area (Å²) in [6.07, 6.45) is 4.34. The third-order valence-corrected chi connectivity index (χ3v) is 3.27. The lowest BCUT2D eigenvalue weighted by Crippen LogP contribution is -2.10. The van der Waals surface area contributed by atoms with Crippen LogP contribution in [-0.2, 0) is 9.53 Å². The molecule has 0 unspecified atom stereocenters. The van der Waals surface area contributed by atoms with Crippen LogP contribution >= 0.6 is 0 Å². The van der Waals surface area contributed by atoms with E-state index in [9.17, 15) is 9.59 Å². The third kappa shape index (κ3) is 4.81. The van der Waals surface area contributed by atoms with E-state index in [0.717, 1.165) is 5.56 Å². The molecule has 0 spiro atoms. The molecule has 0 atom stereocenters. The number of pyridine rings is 1. The van der Waals surface area contributed by atoms with Gasteiger partial charge in [-0.1, -0.05) is 6.07 Å². The second kappa shape index (κ2) is 8.49. The molecule has 1 aromatic carbocycles. The highest BCUT2D eigenvalue weighted by Gasteiger charge is 2.07. The number of methoxy groups -OCH3 is 3. The minimum atomic E-state index is -0.487. The molecule has 0 aliphatic rings. The molecule has 25 heavy (non-hydrogen) atoms. The molecule has 7 heteroatoms. The average molecular weight is 342 g/mol. The van der Waals surface area contributed by atoms with E-state index >= 15 is 0 Å². The molecule has 1 heterocycles. The monoisotopic (exact) mass is 342 g/mol. The van der Waals surface area contributed by atoms with Crippen LogP contribution in [0, 0.1) is 0 Å². The number of esters is 1. The Morgan fingerprint density at radius 3 is 2.40 bits per heavy atom. The van der Waals surface area contributed by atoms with Crippen molar-refractivity contribution in [2.75, 3.05) is 26.6 Å². The van der Waals surface area contributed by atoms with Gasteiger partial charge in [0.15, 0.2) is 11.5 Å². The highest BCUT2D eigenvalue weighted by molar-refractivity contribution is 6.01. The van der Waals surface area contributed by atoms with Gasteiger partial charge in [-0.05, 0) is 35.9 Å². The van der Waals surface area contributed by atoms with Crippen molar-refractivity contribution in [1.82, 2.24) is 4.98 Å². The Labute approximate surface area is 145 Å². The van der Waals surface area contributed by atoms with Crippen LogP contribution in [0.1, 0.15) is 15.9 Å². The maximum Gasteiger partial charge on any atom is 0.339 e. The zero-order valence-electron chi connectivity index (χ0n) is 14.1. The lowest BCUT2D eigenvalue weighted by Gasteiger charge is -2.07. The Hall–Kier alpha value is -3.35. The largest absolute Gasteiger partial charge is 0.493 e. The fourth-order valence-electron chi connectivity index (χ4n) is 2.00. The third-order valence-electron chi connectivity index (χ3n) is 3.27. The Kier molecular flexibility index (Phi) is 6.11. The number of hydrogen-bond donors (Lipinski definition) is 1. The SMILES string of the molecule is COC(=O)c1ccc(NC(=O)/C=C/c2ccc(OC)c(OC)c2)nc1. The summed E-state index contributed by atoms with van der Waals surface area (Å²) in [5.41, 5.74) is 1.09. The van der Waals surface area contributed by atoms with E-state index < -0.39 is 5.97 Å². The molecule has 0 aliphatic heterocycles. The predicted molar refractivity (Wildman–Crippen MR) is 92.8 cm³/mol. The molecule has 1 N–H and O–H groups in total. The molecular formula is C18H18N2O5. The molecule has 0 radical (unpaired) electrons. The van der Waals surface area contributed by atoms with Gasteiger partial charge in [0.1, 0.15) is 5.82 Å². The fraction of sp³-hybridized carbons (Fsp3) is 0.167. The van der Waals surface area contributed by atoms with Crippen LogP contribution in [0.4, 0.5) is 5.82 Å². The van der Waals surface area contributed by atoms with Gasteiger partial charge >= 0.3 is 5.97 Å². The van der Waals surface area contributed by atoms with Crippen molar-refractivity contribution in [2.45, 2.75) is 0 Å². The Balaban J connectivity index is 2.02. The normalized spacial score (nSPS) is 10.4. The predicted octanol–water partition coefficient (Wildman–Crippen LogP) is 2.54. The first-order valence-corrected chi connectivity index (χ1v) is 7.33. The van der Waals surface area contributed by atoms with E-state index in [1.165, 1.54) is 31.5 Å². The number of nitrogens with one attached hydrogen (secondary N) is 1. The molecule has 2 rings (SSSR count). The molecule has 7 nitrogen and oxygen atoms in total. The van der Waals surface area contributed by atoms with Crippen molar-refractivity contribution in [3.8, 4) is 11.5 Å². The lowest BCUT2D eigenvalue weighted by molar-refractivity contribution is -0.111. The van der Waals surface area contributed by atoms with Crippen molar-refractivity contribution >= 4 is 23.8 Å². The van der Waals surface area contributed by atoms with Crippen LogP contribution in [0.15, 0.2) is 42.6 Å². The molecule has 0 aliphatic carbocycles. The van der Waals surface area contributed by atoms with Crippen molar-refractivity contribution in [2.24, 2.45) is 0 Å². The van der Waals surface area contributed by atoms with E-state index in [0.29, 0.717) is 22.9 Å². The van der Waals surface area contributed by atoms with Crippen molar-refractivity contribution in [3.63, 3.8) is 0 Å². The molecule has 1 amide bonds. The number of rotatable bonds is 6. The molecule has 130 valence electrons. The minimum Gasteiger partial charge on any atom is -0.493 e. The van der Waals surface area contributed by atoms with E-state index in [1.54, 1.807) is 38.5 Å². The Morgan fingerprint density at radius 2 is 1.80 bits per heavy atom. The second-order valence-electron chi connectivity index (χ2n) is 4.86. The summed E-state index contributed by atoms with van der Waals surface area (Å²) in [4.78, 5) is 27.3. The summed E-state index contributed by atoms with van der Waals surface area (Å²) < 4.78 is 15.0. The van der Waals surface area contributed by atoms with Gasteiger partial charge in [-0.15, -0.1) is 0 Å². The Bertz CT molecular complexity index is 785. The number of carbonyl (C=O) groups excluding carboxylic acids is 2. The number of amides is 1. The molecular weight excluding hydrogens is 324 g/mol. The van der Waals surface area contributed by atoms with Crippen LogP contribution < -0.4 is 14.8 Å². The number of aromatic nitrogens is 1. The zero-order chi connectivity index (χ0) is 18.2. The number of nitrogens with zero attached hydrogens (tertiary/aromatic N) is 1. The lowest BCUT2D eigenvalue weighted by atomic mass is 10.2. The summed E-state index contributed by atoms with van der Waals surface area (Å²) in [7, 11) is 4.39. The Morgan fingerprint density at radius 1 is 1.04 bits per heavy atom. The van der Waals surface area contributed by atoms with E-state index in [4.69, 9.17) is 9.47 Å². The van der Waals surface area contributed by atoms with Crippen LogP contribution in [0.25, 0.3) is 6.08 Å². The first-order valence-electron chi connectivity index (χ1n) is 7.33. The molecule has 0 saturated heterocycles. The van der Waals surface area contributed by atoms with E-state index in [2.05, 4.69) is 15.0 Å². The van der Waals surface area contributed by atoms with Gasteiger partial charge < -0.3 is 19.5 Å². The summed E-state index contributed by atoms with van der Waals surface area (Å²) >= 11 is 0. The highest BCUT2D eigenvalue weighted by Crippen LogP contribution is 2.27. The van der Waals surface area contributed by atoms with Gasteiger partial charge in [0.05, 0.1) is 26.9 Å². The van der Waals surface area contributed by atoms with Crippen LogP contribution in [0.2, 0.25) is 0 Å². The highest BCUT2D eigenvalue weighted by atomic mass is 16.5. The molecule has 0 fully saturated rings. The van der Waals surface area contributed by atoms with Crippen molar-refractivity contribution in [3.05, 3.63) is 53.7 Å². The smallest absolute Gasteiger partial charge is 0.339 e. The van der Waals surface area contributed by atoms with Gasteiger partial charge in [-0.2, -0.15) is 0 Å². The van der Waals surface area contributed by atoms with E-state index in [-0.39, 0.29) is 5.91 Å².